The van der Waals surface area contributed by atoms with E-state index in [2.05, 4.69) is 0 Å². The highest BCUT2D eigenvalue weighted by atomic mass is 16.5. The van der Waals surface area contributed by atoms with Gasteiger partial charge < -0.3 is 18.9 Å². The minimum absolute atomic E-state index is 0.187. The van der Waals surface area contributed by atoms with E-state index in [1.807, 2.05) is 31.2 Å². The lowest BCUT2D eigenvalue weighted by Crippen LogP contribution is -2.09. The van der Waals surface area contributed by atoms with Gasteiger partial charge in [-0.2, -0.15) is 0 Å². The molecular formula is C26H22O6. The smallest absolute Gasteiger partial charge is 0.343 e. The molecule has 1 aliphatic rings. The van der Waals surface area contributed by atoms with Crippen molar-refractivity contribution in [1.29, 1.82) is 0 Å². The van der Waals surface area contributed by atoms with Crippen molar-refractivity contribution in [3.8, 4) is 23.0 Å². The van der Waals surface area contributed by atoms with Gasteiger partial charge in [0.25, 0.3) is 0 Å². The monoisotopic (exact) mass is 430 g/mol. The van der Waals surface area contributed by atoms with Gasteiger partial charge in [0.05, 0.1) is 24.8 Å². The van der Waals surface area contributed by atoms with Gasteiger partial charge in [0.2, 0.25) is 5.78 Å². The molecule has 0 amide bonds. The second kappa shape index (κ2) is 8.98. The van der Waals surface area contributed by atoms with Crippen LogP contribution in [-0.4, -0.2) is 25.5 Å². The molecule has 32 heavy (non-hydrogen) atoms. The number of hydrogen-bond donors (Lipinski definition) is 0. The van der Waals surface area contributed by atoms with Crippen LogP contribution in [0, 0.1) is 6.92 Å². The van der Waals surface area contributed by atoms with Gasteiger partial charge in [0.15, 0.2) is 5.76 Å². The van der Waals surface area contributed by atoms with Crippen molar-refractivity contribution in [3.63, 3.8) is 0 Å². The van der Waals surface area contributed by atoms with Gasteiger partial charge in [-0.1, -0.05) is 24.3 Å². The van der Waals surface area contributed by atoms with Crippen LogP contribution in [0.3, 0.4) is 0 Å². The lowest BCUT2D eigenvalue weighted by molar-refractivity contribution is 0.0732. The Balaban J connectivity index is 1.61. The van der Waals surface area contributed by atoms with Crippen molar-refractivity contribution < 1.29 is 28.5 Å². The summed E-state index contributed by atoms with van der Waals surface area (Å²) in [6.07, 6.45) is 1.66. The molecule has 1 aliphatic heterocycles. The molecule has 0 aliphatic carbocycles. The zero-order chi connectivity index (χ0) is 22.7. The standard InChI is InChI=1S/C26H22O6/c1-4-30-22-11-6-5-8-17(22)15-23-24(27)20-12-13-21(16(2)25(20)31-23)32-26(28)18-9-7-10-19(14-18)29-3/h5-15H,4H2,1-3H3/b23-15-. The fourth-order valence-corrected chi connectivity index (χ4v) is 3.42. The van der Waals surface area contributed by atoms with Crippen LogP contribution in [0.2, 0.25) is 0 Å². The normalized spacial score (nSPS) is 13.5. The largest absolute Gasteiger partial charge is 0.497 e. The maximum absolute atomic E-state index is 12.9. The van der Waals surface area contributed by atoms with Gasteiger partial charge in [0, 0.05) is 11.1 Å². The summed E-state index contributed by atoms with van der Waals surface area (Å²) in [7, 11) is 1.53. The Morgan fingerprint density at radius 2 is 1.84 bits per heavy atom. The third-order valence-corrected chi connectivity index (χ3v) is 5.05. The Morgan fingerprint density at radius 3 is 2.62 bits per heavy atom. The molecule has 4 rings (SSSR count). The summed E-state index contributed by atoms with van der Waals surface area (Å²) >= 11 is 0. The third kappa shape index (κ3) is 4.07. The average molecular weight is 430 g/mol. The van der Waals surface area contributed by atoms with Crippen molar-refractivity contribution in [3.05, 3.63) is 88.7 Å². The maximum Gasteiger partial charge on any atom is 0.343 e. The molecule has 0 atom stereocenters. The van der Waals surface area contributed by atoms with Gasteiger partial charge >= 0.3 is 5.97 Å². The third-order valence-electron chi connectivity index (χ3n) is 5.05. The van der Waals surface area contributed by atoms with E-state index < -0.39 is 5.97 Å². The highest BCUT2D eigenvalue weighted by Gasteiger charge is 2.31. The Labute approximate surface area is 186 Å². The molecule has 1 heterocycles. The van der Waals surface area contributed by atoms with Gasteiger partial charge in [0.1, 0.15) is 23.0 Å². The summed E-state index contributed by atoms with van der Waals surface area (Å²) in [5.74, 6) is 1.34. The molecule has 0 saturated heterocycles. The summed E-state index contributed by atoms with van der Waals surface area (Å²) in [5.41, 5.74) is 2.08. The minimum Gasteiger partial charge on any atom is -0.497 e. The second-order valence-corrected chi connectivity index (χ2v) is 7.10. The lowest BCUT2D eigenvalue weighted by Gasteiger charge is -2.10. The zero-order valence-electron chi connectivity index (χ0n) is 18.0. The fourth-order valence-electron chi connectivity index (χ4n) is 3.42. The molecule has 0 bridgehead atoms. The van der Waals surface area contributed by atoms with E-state index in [9.17, 15) is 9.59 Å². The van der Waals surface area contributed by atoms with E-state index in [0.29, 0.717) is 46.3 Å². The van der Waals surface area contributed by atoms with Crippen LogP contribution in [0.15, 0.2) is 66.4 Å². The number of ether oxygens (including phenoxy) is 4. The van der Waals surface area contributed by atoms with E-state index in [-0.39, 0.29) is 11.5 Å². The maximum atomic E-state index is 12.9. The molecular weight excluding hydrogens is 408 g/mol. The highest BCUT2D eigenvalue weighted by molar-refractivity contribution is 6.15. The summed E-state index contributed by atoms with van der Waals surface area (Å²) in [6, 6.07) is 17.3. The van der Waals surface area contributed by atoms with Gasteiger partial charge in [-0.15, -0.1) is 0 Å². The number of rotatable bonds is 6. The number of carbonyl (C=O) groups excluding carboxylic acids is 2. The Kier molecular flexibility index (Phi) is 5.94. The number of fused-ring (bicyclic) bond motifs is 1. The SMILES string of the molecule is CCOc1ccccc1/C=C1\Oc2c(ccc(OC(=O)c3cccc(OC)c3)c2C)C1=O. The van der Waals surface area contributed by atoms with Crippen LogP contribution < -0.4 is 18.9 Å². The van der Waals surface area contributed by atoms with E-state index in [4.69, 9.17) is 18.9 Å². The molecule has 0 radical (unpaired) electrons. The minimum atomic E-state index is -0.530. The summed E-state index contributed by atoms with van der Waals surface area (Å²) in [5, 5.41) is 0. The molecule has 0 spiro atoms. The first kappa shape index (κ1) is 21.2. The van der Waals surface area contributed by atoms with E-state index in [1.54, 1.807) is 49.4 Å². The van der Waals surface area contributed by atoms with Crippen molar-refractivity contribution in [1.82, 2.24) is 0 Å². The van der Waals surface area contributed by atoms with Crippen LogP contribution in [0.25, 0.3) is 6.08 Å². The molecule has 0 N–H and O–H groups in total. The average Bonchev–Trinajstić information content (AvgIpc) is 3.13. The van der Waals surface area contributed by atoms with Crippen molar-refractivity contribution >= 4 is 17.8 Å². The predicted octanol–water partition coefficient (Wildman–Crippen LogP) is 5.24. The number of para-hydroxylation sites is 1. The fraction of sp³-hybridized carbons (Fsp3) is 0.154. The number of carbonyl (C=O) groups is 2. The molecule has 0 fully saturated rings. The topological polar surface area (TPSA) is 71.1 Å². The summed E-state index contributed by atoms with van der Waals surface area (Å²) in [6.45, 7) is 4.16. The number of Topliss-reactive ketones (excluding diaryl/α,β-unsaturated/α-hetero) is 1. The zero-order valence-corrected chi connectivity index (χ0v) is 18.0. The molecule has 0 unspecified atom stereocenters. The van der Waals surface area contributed by atoms with Crippen LogP contribution in [0.1, 0.15) is 38.8 Å². The van der Waals surface area contributed by atoms with Crippen molar-refractivity contribution in [2.24, 2.45) is 0 Å². The first-order valence-corrected chi connectivity index (χ1v) is 10.2. The first-order valence-electron chi connectivity index (χ1n) is 10.2. The van der Waals surface area contributed by atoms with E-state index in [1.165, 1.54) is 7.11 Å². The van der Waals surface area contributed by atoms with Gasteiger partial charge in [-0.05, 0) is 56.3 Å². The molecule has 6 heteroatoms. The molecule has 0 aromatic heterocycles. The number of esters is 1. The Hall–Kier alpha value is -4.06. The highest BCUT2D eigenvalue weighted by Crippen LogP contribution is 2.40. The summed E-state index contributed by atoms with van der Waals surface area (Å²) in [4.78, 5) is 25.5. The summed E-state index contributed by atoms with van der Waals surface area (Å²) < 4.78 is 22.2. The first-order chi connectivity index (χ1) is 15.5. The van der Waals surface area contributed by atoms with Crippen LogP contribution >= 0.6 is 0 Å². The molecule has 3 aromatic carbocycles. The second-order valence-electron chi connectivity index (χ2n) is 7.10. The van der Waals surface area contributed by atoms with E-state index >= 15 is 0 Å². The van der Waals surface area contributed by atoms with Crippen LogP contribution in [0.4, 0.5) is 0 Å². The lowest BCUT2D eigenvalue weighted by atomic mass is 10.1. The van der Waals surface area contributed by atoms with Crippen LogP contribution in [-0.2, 0) is 0 Å². The molecule has 162 valence electrons. The van der Waals surface area contributed by atoms with Crippen molar-refractivity contribution in [2.45, 2.75) is 13.8 Å². The predicted molar refractivity (Wildman–Crippen MR) is 120 cm³/mol. The quantitative estimate of drug-likeness (QED) is 0.303. The number of methoxy groups -OCH3 is 1. The molecule has 0 saturated carbocycles. The van der Waals surface area contributed by atoms with Gasteiger partial charge in [-0.25, -0.2) is 4.79 Å². The number of allylic oxidation sites excluding steroid dienone is 1. The number of ketones is 1. The molecule has 3 aromatic rings. The number of hydrogen-bond acceptors (Lipinski definition) is 6. The number of benzene rings is 3. The van der Waals surface area contributed by atoms with E-state index in [0.717, 1.165) is 5.56 Å². The molecule has 6 nitrogen and oxygen atoms in total. The Bertz CT molecular complexity index is 1220. The van der Waals surface area contributed by atoms with Crippen molar-refractivity contribution in [2.75, 3.05) is 13.7 Å². The Morgan fingerprint density at radius 1 is 1.03 bits per heavy atom. The van der Waals surface area contributed by atoms with Crippen LogP contribution in [0.5, 0.6) is 23.0 Å². The van der Waals surface area contributed by atoms with Gasteiger partial charge in [-0.3, -0.25) is 4.79 Å².